The Morgan fingerprint density at radius 2 is 2.11 bits per heavy atom. The lowest BCUT2D eigenvalue weighted by Gasteiger charge is -2.24. The molecule has 102 valence electrons. The van der Waals surface area contributed by atoms with Crippen LogP contribution in [0.1, 0.15) is 25.7 Å². The third-order valence-corrected chi connectivity index (χ3v) is 4.63. The van der Waals surface area contributed by atoms with Gasteiger partial charge in [-0.25, -0.2) is 0 Å². The molecule has 1 aromatic carbocycles. The highest BCUT2D eigenvalue weighted by molar-refractivity contribution is 7.80. The second kappa shape index (κ2) is 5.37. The molecule has 2 aliphatic rings. The quantitative estimate of drug-likeness (QED) is 0.831. The minimum Gasteiger partial charge on any atom is -0.495 e. The van der Waals surface area contributed by atoms with Crippen LogP contribution in [0.25, 0.3) is 0 Å². The molecule has 0 heterocycles. The van der Waals surface area contributed by atoms with Gasteiger partial charge in [0.1, 0.15) is 5.75 Å². The number of anilines is 1. The largest absolute Gasteiger partial charge is 0.495 e. The zero-order valence-electron chi connectivity index (χ0n) is 11.2. The Kier molecular flexibility index (Phi) is 3.60. The van der Waals surface area contributed by atoms with Crippen LogP contribution in [0.4, 0.5) is 5.69 Å². The van der Waals surface area contributed by atoms with Gasteiger partial charge in [0.05, 0.1) is 12.8 Å². The molecule has 2 fully saturated rings. The molecular formula is C15H20N2OS. The fourth-order valence-corrected chi connectivity index (χ4v) is 3.76. The van der Waals surface area contributed by atoms with Gasteiger partial charge in [0.2, 0.25) is 0 Å². The number of thiocarbonyl (C=S) groups is 1. The number of ether oxygens (including phenoxy) is 1. The van der Waals surface area contributed by atoms with Crippen molar-refractivity contribution in [1.82, 2.24) is 5.32 Å². The number of hydrogen-bond donors (Lipinski definition) is 2. The SMILES string of the molecule is COc1ccccc1NC(=S)N[C@H]1C[C@@H]2CC[C@@H]1C2. The lowest BCUT2D eigenvalue weighted by Crippen LogP contribution is -2.40. The number of methoxy groups -OCH3 is 1. The first kappa shape index (κ1) is 12.7. The van der Waals surface area contributed by atoms with Crippen molar-refractivity contribution in [2.75, 3.05) is 12.4 Å². The van der Waals surface area contributed by atoms with Crippen molar-refractivity contribution >= 4 is 23.0 Å². The predicted octanol–water partition coefficient (Wildman–Crippen LogP) is 3.17. The van der Waals surface area contributed by atoms with Crippen LogP contribution < -0.4 is 15.4 Å². The molecule has 3 atom stereocenters. The molecular weight excluding hydrogens is 256 g/mol. The molecule has 2 N–H and O–H groups in total. The third-order valence-electron chi connectivity index (χ3n) is 4.41. The molecule has 19 heavy (non-hydrogen) atoms. The van der Waals surface area contributed by atoms with Crippen LogP contribution in [0.15, 0.2) is 24.3 Å². The second-order valence-electron chi connectivity index (χ2n) is 5.58. The highest BCUT2D eigenvalue weighted by Gasteiger charge is 2.39. The molecule has 0 aliphatic heterocycles. The number of rotatable bonds is 3. The van der Waals surface area contributed by atoms with Crippen molar-refractivity contribution in [1.29, 1.82) is 0 Å². The smallest absolute Gasteiger partial charge is 0.171 e. The number of benzene rings is 1. The average molecular weight is 276 g/mol. The van der Waals surface area contributed by atoms with E-state index in [-0.39, 0.29) is 0 Å². The predicted molar refractivity (Wildman–Crippen MR) is 81.6 cm³/mol. The molecule has 0 amide bonds. The fraction of sp³-hybridized carbons (Fsp3) is 0.533. The summed E-state index contributed by atoms with van der Waals surface area (Å²) in [5.74, 6) is 2.57. The first-order valence-electron chi connectivity index (χ1n) is 6.97. The van der Waals surface area contributed by atoms with Crippen molar-refractivity contribution in [2.24, 2.45) is 11.8 Å². The summed E-state index contributed by atoms with van der Waals surface area (Å²) in [6, 6.07) is 8.41. The van der Waals surface area contributed by atoms with E-state index >= 15 is 0 Å². The van der Waals surface area contributed by atoms with Gasteiger partial charge in [-0.05, 0) is 55.4 Å². The van der Waals surface area contributed by atoms with Crippen molar-refractivity contribution in [2.45, 2.75) is 31.7 Å². The summed E-state index contributed by atoms with van der Waals surface area (Å²) < 4.78 is 5.32. The minimum atomic E-state index is 0.563. The van der Waals surface area contributed by atoms with E-state index in [9.17, 15) is 0 Å². The zero-order valence-corrected chi connectivity index (χ0v) is 12.0. The van der Waals surface area contributed by atoms with Crippen LogP contribution in [0, 0.1) is 11.8 Å². The van der Waals surface area contributed by atoms with Crippen LogP contribution in [-0.4, -0.2) is 18.3 Å². The number of para-hydroxylation sites is 2. The van der Waals surface area contributed by atoms with Gasteiger partial charge >= 0.3 is 0 Å². The lowest BCUT2D eigenvalue weighted by molar-refractivity contribution is 0.391. The third kappa shape index (κ3) is 2.68. The summed E-state index contributed by atoms with van der Waals surface area (Å²) in [6.07, 6.45) is 5.43. The molecule has 2 bridgehead atoms. The van der Waals surface area contributed by atoms with Crippen molar-refractivity contribution < 1.29 is 4.74 Å². The van der Waals surface area contributed by atoms with Crippen LogP contribution in [0.5, 0.6) is 5.75 Å². The Bertz CT molecular complexity index is 477. The first-order chi connectivity index (χ1) is 9.26. The summed E-state index contributed by atoms with van der Waals surface area (Å²) in [4.78, 5) is 0. The second-order valence-corrected chi connectivity index (χ2v) is 5.99. The van der Waals surface area contributed by atoms with Gasteiger partial charge in [-0.1, -0.05) is 18.6 Å². The Balaban J connectivity index is 1.59. The monoisotopic (exact) mass is 276 g/mol. The Labute approximate surface area is 119 Å². The molecule has 0 spiro atoms. The zero-order chi connectivity index (χ0) is 13.2. The molecule has 0 unspecified atom stereocenters. The molecule has 4 heteroatoms. The van der Waals surface area contributed by atoms with Crippen LogP contribution >= 0.6 is 12.2 Å². The van der Waals surface area contributed by atoms with Crippen molar-refractivity contribution in [3.05, 3.63) is 24.3 Å². The van der Waals surface area contributed by atoms with Crippen molar-refractivity contribution in [3.63, 3.8) is 0 Å². The van der Waals surface area contributed by atoms with Crippen molar-refractivity contribution in [3.8, 4) is 5.75 Å². The first-order valence-corrected chi connectivity index (χ1v) is 7.37. The fourth-order valence-electron chi connectivity index (χ4n) is 3.50. The maximum Gasteiger partial charge on any atom is 0.171 e. The number of fused-ring (bicyclic) bond motifs is 2. The Morgan fingerprint density at radius 1 is 1.26 bits per heavy atom. The topological polar surface area (TPSA) is 33.3 Å². The molecule has 0 aromatic heterocycles. The Hall–Kier alpha value is -1.29. The molecule has 1 aromatic rings. The minimum absolute atomic E-state index is 0.563. The maximum atomic E-state index is 5.42. The van der Waals surface area contributed by atoms with Gasteiger partial charge in [-0.2, -0.15) is 0 Å². The van der Waals surface area contributed by atoms with Crippen LogP contribution in [-0.2, 0) is 0 Å². The van der Waals surface area contributed by atoms with E-state index in [1.165, 1.54) is 25.7 Å². The molecule has 0 saturated heterocycles. The maximum absolute atomic E-state index is 5.42. The van der Waals surface area contributed by atoms with Gasteiger partial charge < -0.3 is 15.4 Å². The summed E-state index contributed by atoms with van der Waals surface area (Å²) in [6.45, 7) is 0. The van der Waals surface area contributed by atoms with Crippen LogP contribution in [0.3, 0.4) is 0 Å². The standard InChI is InChI=1S/C15H20N2OS/c1-18-14-5-3-2-4-12(14)16-15(19)17-13-9-10-6-7-11(13)8-10/h2-5,10-11,13H,6-9H2,1H3,(H2,16,17,19)/t10-,11-,13+/m1/s1. The van der Waals surface area contributed by atoms with E-state index in [0.717, 1.165) is 23.3 Å². The van der Waals surface area contributed by atoms with Crippen LogP contribution in [0.2, 0.25) is 0 Å². The molecule has 2 aliphatic carbocycles. The summed E-state index contributed by atoms with van der Waals surface area (Å²) in [7, 11) is 1.67. The molecule has 0 radical (unpaired) electrons. The van der Waals surface area contributed by atoms with Gasteiger partial charge in [0, 0.05) is 6.04 Å². The van der Waals surface area contributed by atoms with E-state index < -0.39 is 0 Å². The number of hydrogen-bond acceptors (Lipinski definition) is 2. The lowest BCUT2D eigenvalue weighted by atomic mass is 9.96. The molecule has 2 saturated carbocycles. The highest BCUT2D eigenvalue weighted by atomic mass is 32.1. The highest BCUT2D eigenvalue weighted by Crippen LogP contribution is 2.44. The van der Waals surface area contributed by atoms with Gasteiger partial charge in [0.25, 0.3) is 0 Å². The van der Waals surface area contributed by atoms with Gasteiger partial charge in [-0.15, -0.1) is 0 Å². The summed E-state index contributed by atoms with van der Waals surface area (Å²) in [5.41, 5.74) is 0.922. The van der Waals surface area contributed by atoms with E-state index in [2.05, 4.69) is 10.6 Å². The van der Waals surface area contributed by atoms with E-state index in [4.69, 9.17) is 17.0 Å². The van der Waals surface area contributed by atoms with Gasteiger partial charge in [0.15, 0.2) is 5.11 Å². The van der Waals surface area contributed by atoms with E-state index in [0.29, 0.717) is 11.2 Å². The average Bonchev–Trinajstić information content (AvgIpc) is 3.01. The molecule has 3 nitrogen and oxygen atoms in total. The normalized spacial score (nSPS) is 28.2. The van der Waals surface area contributed by atoms with E-state index in [1.807, 2.05) is 24.3 Å². The summed E-state index contributed by atoms with van der Waals surface area (Å²) in [5, 5.41) is 7.43. The van der Waals surface area contributed by atoms with E-state index in [1.54, 1.807) is 7.11 Å². The van der Waals surface area contributed by atoms with Gasteiger partial charge in [-0.3, -0.25) is 0 Å². The summed E-state index contributed by atoms with van der Waals surface area (Å²) >= 11 is 5.42. The number of nitrogens with one attached hydrogen (secondary N) is 2. The Morgan fingerprint density at radius 3 is 2.79 bits per heavy atom. The molecule has 3 rings (SSSR count).